The number of ether oxygens (including phenoxy) is 2. The molecule has 0 heterocycles. The van der Waals surface area contributed by atoms with Gasteiger partial charge in [0.05, 0.1) is 0 Å². The molecule has 118 valence electrons. The van der Waals surface area contributed by atoms with E-state index in [0.29, 0.717) is 0 Å². The minimum absolute atomic E-state index is 0.272. The number of hydrogen-bond donors (Lipinski definition) is 0. The molecule has 1 unspecified atom stereocenters. The Bertz CT molecular complexity index is 514. The lowest BCUT2D eigenvalue weighted by molar-refractivity contribution is -0.152. The molecule has 0 bridgehead atoms. The summed E-state index contributed by atoms with van der Waals surface area (Å²) in [5.41, 5.74) is 0. The van der Waals surface area contributed by atoms with Gasteiger partial charge < -0.3 is 18.5 Å². The van der Waals surface area contributed by atoms with Crippen molar-refractivity contribution in [2.24, 2.45) is 0 Å². The fraction of sp³-hybridized carbons (Fsp3) is 0.417. The second kappa shape index (κ2) is 7.47. The van der Waals surface area contributed by atoms with Crippen LogP contribution in [0.3, 0.4) is 0 Å². The second-order valence-corrected chi connectivity index (χ2v) is 7.64. The van der Waals surface area contributed by atoms with E-state index in [-0.39, 0.29) is 5.75 Å². The average molecular weight is 357 g/mol. The number of carbonyl (C=O) groups is 1. The first-order valence-electron chi connectivity index (χ1n) is 5.79. The Balaban J connectivity index is 2.76. The van der Waals surface area contributed by atoms with Crippen LogP contribution in [0.1, 0.15) is 6.92 Å². The third kappa shape index (κ3) is 4.87. The van der Waals surface area contributed by atoms with Gasteiger partial charge in [0.25, 0.3) is 0 Å². The van der Waals surface area contributed by atoms with Gasteiger partial charge in [-0.1, -0.05) is 18.2 Å². The van der Waals surface area contributed by atoms with Crippen molar-refractivity contribution in [2.75, 3.05) is 14.2 Å². The minimum atomic E-state index is -3.59. The highest BCUT2D eigenvalue weighted by atomic mass is 35.5. The summed E-state index contributed by atoms with van der Waals surface area (Å²) >= 11 is 11.6. The molecule has 1 aromatic rings. The van der Waals surface area contributed by atoms with E-state index < -0.39 is 23.9 Å². The van der Waals surface area contributed by atoms with E-state index in [4.69, 9.17) is 41.7 Å². The number of rotatable bonds is 7. The predicted molar refractivity (Wildman–Crippen MR) is 78.7 cm³/mol. The lowest BCUT2D eigenvalue weighted by Crippen LogP contribution is -2.36. The van der Waals surface area contributed by atoms with Crippen molar-refractivity contribution in [1.82, 2.24) is 0 Å². The summed E-state index contributed by atoms with van der Waals surface area (Å²) in [4.78, 5) is 11.9. The van der Waals surface area contributed by atoms with Crippen LogP contribution in [0.25, 0.3) is 0 Å². The number of benzene rings is 1. The van der Waals surface area contributed by atoms with Gasteiger partial charge in [0.1, 0.15) is 5.75 Å². The van der Waals surface area contributed by atoms with Gasteiger partial charge in [-0.15, -0.1) is 0 Å². The minimum Gasteiger partial charge on any atom is -0.449 e. The van der Waals surface area contributed by atoms with Crippen molar-refractivity contribution in [2.45, 2.75) is 17.3 Å². The van der Waals surface area contributed by atoms with Gasteiger partial charge in [-0.3, -0.25) is 4.57 Å². The molecule has 0 amide bonds. The zero-order valence-electron chi connectivity index (χ0n) is 11.6. The maximum atomic E-state index is 12.0. The highest BCUT2D eigenvalue weighted by Gasteiger charge is 2.43. The van der Waals surface area contributed by atoms with E-state index in [9.17, 15) is 9.36 Å². The number of hydrogen-bond acceptors (Lipinski definition) is 6. The van der Waals surface area contributed by atoms with E-state index in [0.717, 1.165) is 0 Å². The number of para-hydroxylation sites is 1. The Morgan fingerprint density at radius 3 is 2.19 bits per heavy atom. The van der Waals surface area contributed by atoms with Crippen molar-refractivity contribution in [3.8, 4) is 5.75 Å². The lowest BCUT2D eigenvalue weighted by atomic mass is 10.3. The lowest BCUT2D eigenvalue weighted by Gasteiger charge is -2.24. The molecule has 6 nitrogen and oxygen atoms in total. The average Bonchev–Trinajstić information content (AvgIpc) is 2.46. The van der Waals surface area contributed by atoms with Crippen LogP contribution in [0, 0.1) is 0 Å². The summed E-state index contributed by atoms with van der Waals surface area (Å²) in [6.45, 7) is 1.33. The molecule has 1 atom stereocenters. The van der Waals surface area contributed by atoms with E-state index in [2.05, 4.69) is 0 Å². The van der Waals surface area contributed by atoms with Crippen LogP contribution in [0.5, 0.6) is 5.75 Å². The number of alkyl halides is 2. The summed E-state index contributed by atoms with van der Waals surface area (Å²) in [6.07, 6.45) is 0. The molecule has 1 aromatic carbocycles. The molecule has 0 spiro atoms. The molecule has 21 heavy (non-hydrogen) atoms. The number of carbonyl (C=O) groups excluding carboxylic acids is 1. The molecular formula is C12H15Cl2O6P. The van der Waals surface area contributed by atoms with Crippen LogP contribution in [0.4, 0.5) is 0 Å². The topological polar surface area (TPSA) is 71.1 Å². The van der Waals surface area contributed by atoms with Crippen LogP contribution >= 0.6 is 30.8 Å². The van der Waals surface area contributed by atoms with Gasteiger partial charge in [-0.05, 0) is 42.3 Å². The fourth-order valence-corrected chi connectivity index (χ4v) is 2.57. The summed E-state index contributed by atoms with van der Waals surface area (Å²) in [5.74, 6) is -2.05. The van der Waals surface area contributed by atoms with Crippen molar-refractivity contribution in [3.63, 3.8) is 0 Å². The van der Waals surface area contributed by atoms with Gasteiger partial charge in [0, 0.05) is 14.2 Å². The first-order valence-corrected chi connectivity index (χ1v) is 8.16. The Kier molecular flexibility index (Phi) is 6.50. The van der Waals surface area contributed by atoms with Crippen LogP contribution in [-0.2, 0) is 23.1 Å². The van der Waals surface area contributed by atoms with E-state index >= 15 is 0 Å². The first kappa shape index (κ1) is 18.3. The molecule has 0 N–H and O–H groups in total. The maximum Gasteiger partial charge on any atom is 0.384 e. The Hall–Kier alpha value is -0.780. The van der Waals surface area contributed by atoms with Crippen LogP contribution in [0.2, 0.25) is 0 Å². The predicted octanol–water partition coefficient (Wildman–Crippen LogP) is 3.57. The van der Waals surface area contributed by atoms with Crippen molar-refractivity contribution in [1.29, 1.82) is 0 Å². The highest BCUT2D eigenvalue weighted by molar-refractivity contribution is 7.54. The quantitative estimate of drug-likeness (QED) is 0.422. The molecule has 0 radical (unpaired) electrons. The van der Waals surface area contributed by atoms with Gasteiger partial charge in [0.2, 0.25) is 0 Å². The molecule has 0 aromatic heterocycles. The third-order valence-corrected chi connectivity index (χ3v) is 4.94. The smallest absolute Gasteiger partial charge is 0.384 e. The van der Waals surface area contributed by atoms with E-state index in [1.807, 2.05) is 0 Å². The van der Waals surface area contributed by atoms with Crippen molar-refractivity contribution < 1.29 is 27.9 Å². The normalized spacial score (nSPS) is 13.6. The summed E-state index contributed by atoms with van der Waals surface area (Å²) in [7, 11) is -1.25. The van der Waals surface area contributed by atoms with Crippen LogP contribution in [0.15, 0.2) is 30.3 Å². The molecule has 1 rings (SSSR count). The molecule has 0 saturated carbocycles. The first-order chi connectivity index (χ1) is 9.75. The molecule has 9 heteroatoms. The standard InChI is InChI=1S/C12H15Cl2O6P/c1-9(21(16,17-2)18-3)19-11(15)12(13,14)20-10-7-5-4-6-8-10/h4-9H,1-3H3. The summed E-state index contributed by atoms with van der Waals surface area (Å²) in [6, 6.07) is 8.23. The second-order valence-electron chi connectivity index (χ2n) is 3.84. The summed E-state index contributed by atoms with van der Waals surface area (Å²) < 4.78 is 29.2. The Morgan fingerprint density at radius 1 is 1.19 bits per heavy atom. The van der Waals surface area contributed by atoms with Gasteiger partial charge >= 0.3 is 18.1 Å². The van der Waals surface area contributed by atoms with Crippen molar-refractivity contribution in [3.05, 3.63) is 30.3 Å². The number of esters is 1. The molecule has 0 saturated heterocycles. The molecular weight excluding hydrogens is 342 g/mol. The number of halogens is 2. The zero-order valence-corrected chi connectivity index (χ0v) is 14.0. The van der Waals surface area contributed by atoms with Crippen LogP contribution < -0.4 is 4.74 Å². The largest absolute Gasteiger partial charge is 0.449 e. The summed E-state index contributed by atoms with van der Waals surface area (Å²) in [5, 5.41) is 0. The molecule has 0 aliphatic carbocycles. The molecule has 0 fully saturated rings. The fourth-order valence-electron chi connectivity index (χ4n) is 1.34. The maximum absolute atomic E-state index is 12.0. The van der Waals surface area contributed by atoms with Crippen molar-refractivity contribution >= 4 is 36.8 Å². The van der Waals surface area contributed by atoms with Gasteiger partial charge in [0.15, 0.2) is 5.85 Å². The highest BCUT2D eigenvalue weighted by Crippen LogP contribution is 2.52. The zero-order chi connectivity index (χ0) is 16.1. The van der Waals surface area contributed by atoms with E-state index in [1.165, 1.54) is 21.1 Å². The Morgan fingerprint density at radius 2 is 1.71 bits per heavy atom. The van der Waals surface area contributed by atoms with E-state index in [1.54, 1.807) is 30.3 Å². The molecule has 0 aliphatic heterocycles. The SMILES string of the molecule is COP(=O)(OC)C(C)OC(=O)C(Cl)(Cl)Oc1ccccc1. The van der Waals surface area contributed by atoms with Crippen LogP contribution in [-0.4, -0.2) is 30.6 Å². The van der Waals surface area contributed by atoms with Gasteiger partial charge in [-0.25, -0.2) is 4.79 Å². The van der Waals surface area contributed by atoms with Gasteiger partial charge in [-0.2, -0.15) is 0 Å². The third-order valence-electron chi connectivity index (χ3n) is 2.46. The Labute approximate surface area is 132 Å². The molecule has 0 aliphatic rings. The monoisotopic (exact) mass is 356 g/mol.